The third kappa shape index (κ3) is 7.14. The first-order chi connectivity index (χ1) is 22.4. The summed E-state index contributed by atoms with van der Waals surface area (Å²) in [6.07, 6.45) is 7.00. The average molecular weight is 662 g/mol. The Morgan fingerprint density at radius 2 is 1.23 bits per heavy atom. The van der Waals surface area contributed by atoms with Crippen LogP contribution in [0.4, 0.5) is 0 Å². The summed E-state index contributed by atoms with van der Waals surface area (Å²) in [5.41, 5.74) is 8.91. The van der Waals surface area contributed by atoms with Gasteiger partial charge in [0.25, 0.3) is 0 Å². The maximum atomic E-state index is 9.97. The van der Waals surface area contributed by atoms with E-state index in [0.29, 0.717) is 6.54 Å². The summed E-state index contributed by atoms with van der Waals surface area (Å²) in [6.45, 7) is 1.51. The molecule has 8 nitrogen and oxygen atoms in total. The largest absolute Gasteiger partial charge is 0.391 e. The van der Waals surface area contributed by atoms with Crippen LogP contribution in [0.1, 0.15) is 31.7 Å². The first kappa shape index (κ1) is 34.7. The van der Waals surface area contributed by atoms with Gasteiger partial charge in [-0.05, 0) is 73.2 Å². The lowest BCUT2D eigenvalue weighted by Gasteiger charge is -2.24. The number of nitrogens with zero attached hydrogens (tertiary/aromatic N) is 6. The van der Waals surface area contributed by atoms with Gasteiger partial charge in [-0.2, -0.15) is 0 Å². The van der Waals surface area contributed by atoms with Crippen molar-refractivity contribution >= 4 is 67.5 Å². The molecule has 13 heteroatoms. The lowest BCUT2D eigenvalue weighted by Crippen LogP contribution is -2.26. The first-order valence-electron chi connectivity index (χ1n) is 15.1. The normalized spacial score (nSPS) is 16.5. The molecule has 0 saturated carbocycles. The van der Waals surface area contributed by atoms with Gasteiger partial charge in [0.05, 0.1) is 23.6 Å². The summed E-state index contributed by atoms with van der Waals surface area (Å²) in [7, 11) is 11.8. The van der Waals surface area contributed by atoms with Crippen molar-refractivity contribution in [2.75, 3.05) is 7.11 Å². The minimum Gasteiger partial charge on any atom is -0.391 e. The Kier molecular flexibility index (Phi) is 11.5. The summed E-state index contributed by atoms with van der Waals surface area (Å²) >= 11 is 11.9. The zero-order valence-electron chi connectivity index (χ0n) is 25.4. The molecule has 0 spiro atoms. The molecule has 8 rings (SSSR count). The Morgan fingerprint density at radius 3 is 1.72 bits per heavy atom. The molecular formula is C34H34B3Cl2N6O2. The van der Waals surface area contributed by atoms with Crippen molar-refractivity contribution in [1.82, 2.24) is 29.1 Å². The van der Waals surface area contributed by atoms with E-state index in [0.717, 1.165) is 67.1 Å². The summed E-state index contributed by atoms with van der Waals surface area (Å²) < 4.78 is 10.1. The molecule has 6 aromatic rings. The highest BCUT2D eigenvalue weighted by Gasteiger charge is 2.26. The number of benzene rings is 2. The van der Waals surface area contributed by atoms with Gasteiger partial charge in [-0.25, -0.2) is 19.9 Å². The Labute approximate surface area is 288 Å². The van der Waals surface area contributed by atoms with Crippen LogP contribution in [0.2, 0.25) is 10.6 Å². The van der Waals surface area contributed by atoms with E-state index in [2.05, 4.69) is 80.9 Å². The molecule has 0 amide bonds. The quantitative estimate of drug-likeness (QED) is 0.178. The van der Waals surface area contributed by atoms with E-state index >= 15 is 0 Å². The molecule has 235 valence electrons. The molecule has 0 saturated heterocycles. The Balaban J connectivity index is 0.000000167. The molecule has 6 heterocycles. The van der Waals surface area contributed by atoms with Crippen LogP contribution in [-0.2, 0) is 30.7 Å². The molecule has 1 N–H and O–H groups in total. The van der Waals surface area contributed by atoms with E-state index in [1.54, 1.807) is 19.5 Å². The highest BCUT2D eigenvalue weighted by atomic mass is 35.5. The lowest BCUT2D eigenvalue weighted by atomic mass is 9.40. The van der Waals surface area contributed by atoms with Crippen molar-refractivity contribution in [1.29, 1.82) is 0 Å². The smallest absolute Gasteiger partial charge is 0.222 e. The fourth-order valence-electron chi connectivity index (χ4n) is 6.56. The van der Waals surface area contributed by atoms with E-state index in [9.17, 15) is 5.11 Å². The second-order valence-electron chi connectivity index (χ2n) is 11.1. The average Bonchev–Trinajstić information content (AvgIpc) is 3.57. The minimum absolute atomic E-state index is 0. The summed E-state index contributed by atoms with van der Waals surface area (Å²) in [6, 6.07) is 20.5. The van der Waals surface area contributed by atoms with E-state index in [1.165, 1.54) is 27.9 Å². The van der Waals surface area contributed by atoms with Crippen LogP contribution < -0.4 is 0 Å². The number of para-hydroxylation sites is 2. The molecule has 0 bridgehead atoms. The van der Waals surface area contributed by atoms with Crippen molar-refractivity contribution in [2.45, 2.75) is 58.4 Å². The molecule has 2 atom stereocenters. The maximum Gasteiger partial charge on any atom is 0.222 e. The summed E-state index contributed by atoms with van der Waals surface area (Å²) in [5, 5.41) is 12.9. The van der Waals surface area contributed by atoms with Crippen molar-refractivity contribution in [3.05, 3.63) is 95.0 Å². The van der Waals surface area contributed by atoms with Crippen LogP contribution in [-0.4, -0.2) is 76.0 Å². The second kappa shape index (κ2) is 15.5. The van der Waals surface area contributed by atoms with E-state index in [-0.39, 0.29) is 30.2 Å². The first-order valence-corrected chi connectivity index (χ1v) is 15.8. The van der Waals surface area contributed by atoms with Crippen LogP contribution >= 0.6 is 23.2 Å². The van der Waals surface area contributed by atoms with Gasteiger partial charge in [0, 0.05) is 99.4 Å². The molecule has 2 aromatic carbocycles. The number of ether oxygens (including phenoxy) is 1. The Bertz CT molecular complexity index is 1990. The zero-order chi connectivity index (χ0) is 32.2. The predicted octanol–water partition coefficient (Wildman–Crippen LogP) is 6.27. The van der Waals surface area contributed by atoms with Gasteiger partial charge in [-0.3, -0.25) is 0 Å². The highest BCUT2D eigenvalue weighted by molar-refractivity contribution is 7.17. The third-order valence-electron chi connectivity index (χ3n) is 8.45. The SMILES string of the molecule is C.COC1CCc2c(-c3ccnc(Cl)n3)c3ccccc3n2C1.OC1CCc2c(-c3ccnc(Cl)n3)c3ccccc3n2C1.[B][B][B]. The number of hydrogen-bond donors (Lipinski definition) is 1. The van der Waals surface area contributed by atoms with Crippen LogP contribution in [0, 0.1) is 0 Å². The van der Waals surface area contributed by atoms with Crippen LogP contribution in [0.15, 0.2) is 73.1 Å². The minimum atomic E-state index is -0.282. The van der Waals surface area contributed by atoms with Gasteiger partial charge in [-0.15, -0.1) is 0 Å². The fraction of sp³-hybridized carbons (Fsp3) is 0.294. The summed E-state index contributed by atoms with van der Waals surface area (Å²) in [5.74, 6) is 0. The fourth-order valence-corrected chi connectivity index (χ4v) is 6.85. The van der Waals surface area contributed by atoms with E-state index in [4.69, 9.17) is 27.9 Å². The number of rotatable bonds is 3. The van der Waals surface area contributed by atoms with Gasteiger partial charge >= 0.3 is 0 Å². The van der Waals surface area contributed by atoms with Crippen molar-refractivity contribution in [3.8, 4) is 22.5 Å². The van der Waals surface area contributed by atoms with Crippen molar-refractivity contribution < 1.29 is 9.84 Å². The number of fused-ring (bicyclic) bond motifs is 6. The second-order valence-corrected chi connectivity index (χ2v) is 11.8. The van der Waals surface area contributed by atoms with E-state index in [1.807, 2.05) is 24.3 Å². The van der Waals surface area contributed by atoms with Crippen LogP contribution in [0.5, 0.6) is 0 Å². The molecule has 0 fully saturated rings. The maximum absolute atomic E-state index is 9.97. The Hall–Kier alpha value is -3.63. The van der Waals surface area contributed by atoms with Crippen molar-refractivity contribution in [3.63, 3.8) is 0 Å². The standard InChI is InChI=1S/C17H16ClN3O.C16H14ClN3O.CH4.B3/c1-22-11-6-7-15-16(13-8-9-19-17(18)20-13)12-4-2-3-5-14(12)21(15)10-11;17-16-18-8-7-12(19-16)15-11-3-1-2-4-13(11)20-9-10(21)5-6-14(15)20;;1-3-2/h2-5,8-9,11H,6-7,10H2,1H3;1-4,7-8,10,21H,5-6,9H2;1H4;. The number of halogens is 2. The monoisotopic (exact) mass is 661 g/mol. The van der Waals surface area contributed by atoms with Crippen molar-refractivity contribution in [2.24, 2.45) is 0 Å². The topological polar surface area (TPSA) is 90.9 Å². The van der Waals surface area contributed by atoms with Gasteiger partial charge < -0.3 is 19.0 Å². The predicted molar refractivity (Wildman–Crippen MR) is 193 cm³/mol. The van der Waals surface area contributed by atoms with Crippen LogP contribution in [0.3, 0.4) is 0 Å². The molecule has 5 radical (unpaired) electrons. The number of aliphatic hydroxyl groups excluding tert-OH is 1. The highest BCUT2D eigenvalue weighted by Crippen LogP contribution is 2.38. The zero-order valence-corrected chi connectivity index (χ0v) is 26.9. The molecule has 2 aliphatic heterocycles. The molecular weight excluding hydrogens is 628 g/mol. The number of aliphatic hydroxyl groups is 1. The Morgan fingerprint density at radius 1 is 0.766 bits per heavy atom. The molecule has 0 aliphatic carbocycles. The molecule has 47 heavy (non-hydrogen) atoms. The number of methoxy groups -OCH3 is 1. The molecule has 2 unspecified atom stereocenters. The number of aromatic nitrogens is 6. The van der Waals surface area contributed by atoms with Crippen LogP contribution in [0.25, 0.3) is 44.3 Å². The number of hydrogen-bond acceptors (Lipinski definition) is 6. The van der Waals surface area contributed by atoms with Gasteiger partial charge in [-0.1, -0.05) is 43.8 Å². The molecule has 2 aliphatic rings. The third-order valence-corrected chi connectivity index (χ3v) is 8.82. The van der Waals surface area contributed by atoms with Gasteiger partial charge in [0.1, 0.15) is 0 Å². The van der Waals surface area contributed by atoms with E-state index < -0.39 is 0 Å². The van der Waals surface area contributed by atoms with Gasteiger partial charge in [0.2, 0.25) is 10.6 Å². The molecule has 4 aromatic heterocycles. The lowest BCUT2D eigenvalue weighted by molar-refractivity contribution is 0.0727. The summed E-state index contributed by atoms with van der Waals surface area (Å²) in [4.78, 5) is 16.8. The van der Waals surface area contributed by atoms with Gasteiger partial charge in [0.15, 0.2) is 0 Å².